The van der Waals surface area contributed by atoms with Crippen LogP contribution in [-0.2, 0) is 11.3 Å². The summed E-state index contributed by atoms with van der Waals surface area (Å²) in [6, 6.07) is 20.4. The van der Waals surface area contributed by atoms with Crippen LogP contribution in [0.25, 0.3) is 0 Å². The van der Waals surface area contributed by atoms with Gasteiger partial charge in [0.15, 0.2) is 0 Å². The molecule has 0 amide bonds. The van der Waals surface area contributed by atoms with E-state index in [1.165, 1.54) is 5.19 Å². The molecule has 0 saturated heterocycles. The summed E-state index contributed by atoms with van der Waals surface area (Å²) in [5.41, 5.74) is 1.25. The summed E-state index contributed by atoms with van der Waals surface area (Å²) in [6.45, 7) is 9.35. The number of hydrogen-bond donors (Lipinski definition) is 0. The largest absolute Gasteiger partial charge is 1.00 e. The molecule has 2 nitrogen and oxygen atoms in total. The molecule has 0 aromatic heterocycles. The van der Waals surface area contributed by atoms with E-state index in [9.17, 15) is 5.11 Å². The molecular weight excluding hydrogens is 319 g/mol. The summed E-state index contributed by atoms with van der Waals surface area (Å²) in [5, 5.41) is 13.7. The van der Waals surface area contributed by atoms with Gasteiger partial charge in [-0.25, -0.2) is 0 Å². The van der Waals surface area contributed by atoms with Gasteiger partial charge in [0, 0.05) is 12.6 Å². The van der Waals surface area contributed by atoms with E-state index in [0.717, 1.165) is 5.56 Å². The van der Waals surface area contributed by atoms with Crippen molar-refractivity contribution in [3.05, 3.63) is 78.2 Å². The van der Waals surface area contributed by atoms with Gasteiger partial charge in [-0.2, -0.15) is 0 Å². The molecule has 1 unspecified atom stereocenters. The second-order valence-corrected chi connectivity index (χ2v) is 11.8. The van der Waals surface area contributed by atoms with Gasteiger partial charge < -0.3 is 9.84 Å². The number of hydrogen-bond acceptors (Lipinski definition) is 2. The van der Waals surface area contributed by atoms with Crippen LogP contribution in [0.15, 0.2) is 72.7 Å². The Morgan fingerprint density at radius 2 is 1.52 bits per heavy atom. The summed E-state index contributed by atoms with van der Waals surface area (Å²) >= 11 is 0. The van der Waals surface area contributed by atoms with Gasteiger partial charge in [0.25, 0.3) is 0 Å². The predicted molar refractivity (Wildman–Crippen MR) is 101 cm³/mol. The van der Waals surface area contributed by atoms with Crippen molar-refractivity contribution in [1.82, 2.24) is 0 Å². The van der Waals surface area contributed by atoms with E-state index in [1.807, 2.05) is 42.5 Å². The first kappa shape index (κ1) is 21.6. The van der Waals surface area contributed by atoms with Crippen LogP contribution in [-0.4, -0.2) is 8.07 Å². The molecule has 0 saturated carbocycles. The van der Waals surface area contributed by atoms with Gasteiger partial charge in [-0.05, 0) is 17.0 Å². The number of ether oxygens (including phenoxy) is 1. The van der Waals surface area contributed by atoms with Crippen LogP contribution in [0.2, 0.25) is 18.6 Å². The second kappa shape index (κ2) is 9.92. The Balaban J connectivity index is 0.00000312. The van der Waals surface area contributed by atoms with Gasteiger partial charge in [0.1, 0.15) is 0 Å². The number of benzene rings is 2. The minimum atomic E-state index is -1.80. The molecule has 4 heteroatoms. The van der Waals surface area contributed by atoms with Crippen molar-refractivity contribution in [3.8, 4) is 0 Å². The SMILES string of the molecule is CC(C)C(/C=C(/[O-])OCc1ccccc1)[Si](C)(C)c1ccccc1.[Li+]. The standard InChI is InChI=1S/C21H28O2Si.Li/c1-17(2)20(24(3,4)19-13-9-6-10-14-19)15-21(22)23-16-18-11-7-5-8-12-18;/h5-15,17,20,22H,16H2,1-4H3;/q;+1/p-1/b21-15-;. The Labute approximate surface area is 165 Å². The molecule has 0 fully saturated rings. The van der Waals surface area contributed by atoms with Crippen LogP contribution >= 0.6 is 0 Å². The molecule has 0 radical (unpaired) electrons. The fourth-order valence-electron chi connectivity index (χ4n) is 3.22. The monoisotopic (exact) mass is 346 g/mol. The molecule has 2 rings (SSSR count). The Kier molecular flexibility index (Phi) is 8.58. The molecule has 2 aromatic rings. The van der Waals surface area contributed by atoms with Crippen molar-refractivity contribution in [3.63, 3.8) is 0 Å². The third-order valence-corrected chi connectivity index (χ3v) is 8.93. The summed E-state index contributed by atoms with van der Waals surface area (Å²) in [5.74, 6) is 0.185. The van der Waals surface area contributed by atoms with Crippen LogP contribution in [0, 0.1) is 5.92 Å². The van der Waals surface area contributed by atoms with Gasteiger partial charge in [-0.3, -0.25) is 0 Å². The maximum Gasteiger partial charge on any atom is 1.00 e. The average Bonchev–Trinajstić information content (AvgIpc) is 2.59. The van der Waals surface area contributed by atoms with E-state index in [2.05, 4.69) is 51.2 Å². The quantitative estimate of drug-likeness (QED) is 0.555. The fourth-order valence-corrected chi connectivity index (χ4v) is 6.87. The van der Waals surface area contributed by atoms with Gasteiger partial charge in [-0.1, -0.05) is 98.9 Å². The predicted octanol–water partition coefficient (Wildman–Crippen LogP) is 1.05. The van der Waals surface area contributed by atoms with Crippen LogP contribution in [0.4, 0.5) is 0 Å². The molecule has 0 spiro atoms. The first-order chi connectivity index (χ1) is 11.4. The normalized spacial score (nSPS) is 13.2. The average molecular weight is 346 g/mol. The van der Waals surface area contributed by atoms with Crippen molar-refractivity contribution in [1.29, 1.82) is 0 Å². The Hall–Kier alpha value is -1.41. The van der Waals surface area contributed by atoms with Gasteiger partial charge >= 0.3 is 18.9 Å². The van der Waals surface area contributed by atoms with E-state index >= 15 is 0 Å². The van der Waals surface area contributed by atoms with Crippen molar-refractivity contribution in [2.75, 3.05) is 0 Å². The molecule has 0 heterocycles. The van der Waals surface area contributed by atoms with Crippen LogP contribution in [0.3, 0.4) is 0 Å². The molecule has 2 aromatic carbocycles. The molecule has 0 aliphatic heterocycles. The summed E-state index contributed by atoms with van der Waals surface area (Å²) in [7, 11) is -1.80. The van der Waals surface area contributed by atoms with Crippen molar-refractivity contribution in [2.45, 2.75) is 39.1 Å². The maximum atomic E-state index is 12.4. The maximum absolute atomic E-state index is 12.4. The molecule has 0 aliphatic carbocycles. The van der Waals surface area contributed by atoms with E-state index < -0.39 is 8.07 Å². The van der Waals surface area contributed by atoms with E-state index in [1.54, 1.807) is 0 Å². The number of rotatable bonds is 7. The van der Waals surface area contributed by atoms with E-state index in [4.69, 9.17) is 4.74 Å². The number of allylic oxidation sites excluding steroid dienone is 1. The van der Waals surface area contributed by atoms with Crippen LogP contribution < -0.4 is 29.2 Å². The zero-order valence-electron chi connectivity index (χ0n) is 16.0. The topological polar surface area (TPSA) is 32.3 Å². The Morgan fingerprint density at radius 1 is 1.00 bits per heavy atom. The molecule has 0 N–H and O–H groups in total. The van der Waals surface area contributed by atoms with E-state index in [0.29, 0.717) is 12.5 Å². The molecule has 1 atom stereocenters. The second-order valence-electron chi connectivity index (χ2n) is 7.12. The molecule has 128 valence electrons. The molecule has 0 bridgehead atoms. The minimum absolute atomic E-state index is 0. The first-order valence-electron chi connectivity index (χ1n) is 8.52. The smallest absolute Gasteiger partial charge is 0.609 e. The van der Waals surface area contributed by atoms with Crippen molar-refractivity contribution >= 4 is 13.3 Å². The van der Waals surface area contributed by atoms with Gasteiger partial charge in [0.2, 0.25) is 0 Å². The summed E-state index contributed by atoms with van der Waals surface area (Å²) < 4.78 is 5.47. The Bertz CT molecular complexity index is 654. The zero-order chi connectivity index (χ0) is 17.6. The first-order valence-corrected chi connectivity index (χ1v) is 11.6. The fraction of sp³-hybridized carbons (Fsp3) is 0.333. The minimum Gasteiger partial charge on any atom is -0.609 e. The van der Waals surface area contributed by atoms with Crippen molar-refractivity contribution < 1.29 is 28.7 Å². The third-order valence-electron chi connectivity index (χ3n) is 4.61. The van der Waals surface area contributed by atoms with Gasteiger partial charge in [-0.15, -0.1) is 0 Å². The van der Waals surface area contributed by atoms with Crippen LogP contribution in [0.5, 0.6) is 0 Å². The third kappa shape index (κ3) is 6.11. The summed E-state index contributed by atoms with van der Waals surface area (Å²) in [4.78, 5) is 0. The van der Waals surface area contributed by atoms with Gasteiger partial charge in [0.05, 0.1) is 8.07 Å². The Morgan fingerprint density at radius 3 is 2.04 bits per heavy atom. The molecule has 0 aliphatic rings. The zero-order valence-corrected chi connectivity index (χ0v) is 17.0. The molecular formula is C21H27LiO2Si. The van der Waals surface area contributed by atoms with Crippen LogP contribution in [0.1, 0.15) is 19.4 Å². The summed E-state index contributed by atoms with van der Waals surface area (Å²) in [6.07, 6.45) is 1.81. The van der Waals surface area contributed by atoms with E-state index in [-0.39, 0.29) is 30.3 Å². The van der Waals surface area contributed by atoms with Crippen molar-refractivity contribution in [2.24, 2.45) is 5.92 Å². The molecule has 25 heavy (non-hydrogen) atoms.